The van der Waals surface area contributed by atoms with Gasteiger partial charge in [0.2, 0.25) is 0 Å². The second-order valence-electron chi connectivity index (χ2n) is 1.79. The van der Waals surface area contributed by atoms with Gasteiger partial charge in [0.15, 0.2) is 0 Å². The van der Waals surface area contributed by atoms with E-state index in [4.69, 9.17) is 12.8 Å². The third-order valence-electron chi connectivity index (χ3n) is 0.871. The van der Waals surface area contributed by atoms with Gasteiger partial charge in [-0.15, -0.1) is 18.8 Å². The predicted molar refractivity (Wildman–Crippen MR) is 49.6 cm³/mol. The Morgan fingerprint density at radius 1 is 1.25 bits per heavy atom. The first kappa shape index (κ1) is 10.9. The van der Waals surface area contributed by atoms with Crippen LogP contribution >= 0.6 is 8.03 Å². The Labute approximate surface area is 73.6 Å². The van der Waals surface area contributed by atoms with Crippen LogP contribution < -0.4 is 0 Å². The molecule has 0 aliphatic carbocycles. The molecule has 0 rings (SSSR count). The average Bonchev–Trinajstić information content (AvgIpc) is 2.09. The molecule has 0 aromatic heterocycles. The molecule has 0 aromatic carbocycles. The lowest BCUT2D eigenvalue weighted by Gasteiger charge is -1.88. The van der Waals surface area contributed by atoms with E-state index in [1.54, 1.807) is 0 Å². The zero-order valence-electron chi connectivity index (χ0n) is 6.59. The summed E-state index contributed by atoms with van der Waals surface area (Å²) in [7, 11) is -2.25. The molecule has 0 aliphatic heterocycles. The number of hydrogen-bond acceptors (Lipinski definition) is 2. The molecule has 0 fully saturated rings. The molecular formula is C9H9O2P. The highest BCUT2D eigenvalue weighted by Gasteiger charge is 1.88. The smallest absolute Gasteiger partial charge is 0.263 e. The molecule has 0 aliphatic rings. The van der Waals surface area contributed by atoms with Crippen molar-refractivity contribution in [3.05, 3.63) is 0 Å². The van der Waals surface area contributed by atoms with E-state index in [-0.39, 0.29) is 6.61 Å². The molecule has 0 bridgehead atoms. The summed E-state index contributed by atoms with van der Waals surface area (Å²) in [6.07, 6.45) is 11.0. The highest BCUT2D eigenvalue weighted by Crippen LogP contribution is 2.18. The summed E-state index contributed by atoms with van der Waals surface area (Å²) in [5.41, 5.74) is 2.44. The van der Waals surface area contributed by atoms with Gasteiger partial charge in [0, 0.05) is 12.8 Å². The quantitative estimate of drug-likeness (QED) is 0.373. The Morgan fingerprint density at radius 3 is 2.58 bits per heavy atom. The molecular weight excluding hydrogens is 171 g/mol. The number of terminal acetylenes is 2. The number of hydrogen-bond donors (Lipinski definition) is 0. The topological polar surface area (TPSA) is 26.3 Å². The van der Waals surface area contributed by atoms with Crippen molar-refractivity contribution in [2.45, 2.75) is 12.8 Å². The van der Waals surface area contributed by atoms with Crippen molar-refractivity contribution < 1.29 is 9.09 Å². The lowest BCUT2D eigenvalue weighted by molar-refractivity contribution is 0.386. The first-order chi connectivity index (χ1) is 5.81. The van der Waals surface area contributed by atoms with Crippen molar-refractivity contribution in [1.29, 1.82) is 0 Å². The van der Waals surface area contributed by atoms with Crippen molar-refractivity contribution in [1.82, 2.24) is 0 Å². The van der Waals surface area contributed by atoms with E-state index in [1.807, 2.05) is 0 Å². The van der Waals surface area contributed by atoms with Crippen LogP contribution in [0, 0.1) is 36.3 Å². The van der Waals surface area contributed by atoms with Gasteiger partial charge in [0.1, 0.15) is 6.61 Å². The van der Waals surface area contributed by atoms with E-state index >= 15 is 0 Å². The van der Waals surface area contributed by atoms with Crippen LogP contribution in [-0.2, 0) is 9.09 Å². The zero-order valence-corrected chi connectivity index (χ0v) is 7.59. The van der Waals surface area contributed by atoms with E-state index in [0.717, 1.165) is 0 Å². The van der Waals surface area contributed by atoms with Crippen LogP contribution in [0.25, 0.3) is 0 Å². The molecule has 0 saturated carbocycles. The van der Waals surface area contributed by atoms with E-state index in [2.05, 4.69) is 27.9 Å². The fourth-order valence-corrected chi connectivity index (χ4v) is 0.969. The fourth-order valence-electron chi connectivity index (χ4n) is 0.413. The van der Waals surface area contributed by atoms with Gasteiger partial charge in [-0.25, -0.2) is 0 Å². The lowest BCUT2D eigenvalue weighted by Crippen LogP contribution is -1.77. The van der Waals surface area contributed by atoms with Gasteiger partial charge in [-0.2, -0.15) is 0 Å². The largest absolute Gasteiger partial charge is 0.309 e. The monoisotopic (exact) mass is 180 g/mol. The van der Waals surface area contributed by atoms with Gasteiger partial charge in [-0.05, 0) is 5.66 Å². The third-order valence-corrected chi connectivity index (χ3v) is 1.66. The summed E-state index contributed by atoms with van der Waals surface area (Å²) in [5, 5.41) is 0. The summed E-state index contributed by atoms with van der Waals surface area (Å²) >= 11 is 0. The first-order valence-corrected chi connectivity index (χ1v) is 4.65. The van der Waals surface area contributed by atoms with Crippen molar-refractivity contribution in [2.75, 3.05) is 6.61 Å². The third kappa shape index (κ3) is 6.98. The Balaban J connectivity index is 3.60. The summed E-state index contributed by atoms with van der Waals surface area (Å²) in [6, 6.07) is 0. The molecule has 2 nitrogen and oxygen atoms in total. The van der Waals surface area contributed by atoms with Crippen LogP contribution in [0.2, 0.25) is 0 Å². The van der Waals surface area contributed by atoms with Crippen molar-refractivity contribution in [2.24, 2.45) is 0 Å². The second-order valence-corrected chi connectivity index (χ2v) is 2.90. The summed E-state index contributed by atoms with van der Waals surface area (Å²) in [4.78, 5) is 0. The van der Waals surface area contributed by atoms with Gasteiger partial charge in [-0.1, -0.05) is 11.8 Å². The molecule has 1 atom stereocenters. The zero-order chi connectivity index (χ0) is 9.23. The lowest BCUT2D eigenvalue weighted by atomic mass is 10.3. The van der Waals surface area contributed by atoms with Crippen LogP contribution in [0.1, 0.15) is 12.8 Å². The maximum Gasteiger partial charge on any atom is 0.263 e. The summed E-state index contributed by atoms with van der Waals surface area (Å²) in [6.45, 7) is 0.0433. The Kier molecular flexibility index (Phi) is 7.22. The SMILES string of the molecule is C#CCCC#C[PH](=O)OCC#C. The standard InChI is InChI=1S/C9H9O2P/c1-3-5-6-7-9-12(10)11-8-4-2/h1-2,12H,5-6,8H2. The van der Waals surface area contributed by atoms with Crippen LogP contribution in [-0.4, -0.2) is 6.61 Å². The molecule has 1 unspecified atom stereocenters. The van der Waals surface area contributed by atoms with Crippen molar-refractivity contribution in [3.63, 3.8) is 0 Å². The minimum absolute atomic E-state index is 0.0433. The minimum Gasteiger partial charge on any atom is -0.309 e. The summed E-state index contributed by atoms with van der Waals surface area (Å²) in [5.74, 6) is 7.26. The molecule has 3 heteroatoms. The molecule has 62 valence electrons. The molecule has 0 spiro atoms. The molecule has 0 N–H and O–H groups in total. The van der Waals surface area contributed by atoms with Gasteiger partial charge >= 0.3 is 0 Å². The van der Waals surface area contributed by atoms with Gasteiger partial charge in [-0.3, -0.25) is 4.57 Å². The number of rotatable bonds is 3. The Hall–Kier alpha value is -1.13. The van der Waals surface area contributed by atoms with Crippen LogP contribution in [0.4, 0.5) is 0 Å². The van der Waals surface area contributed by atoms with Crippen molar-refractivity contribution >= 4 is 8.03 Å². The molecule has 0 saturated heterocycles. The van der Waals surface area contributed by atoms with Crippen LogP contribution in [0.15, 0.2) is 0 Å². The summed E-state index contributed by atoms with van der Waals surface area (Å²) < 4.78 is 15.5. The minimum atomic E-state index is -2.25. The predicted octanol–water partition coefficient (Wildman–Crippen LogP) is 1.49. The molecule has 0 amide bonds. The van der Waals surface area contributed by atoms with E-state index < -0.39 is 8.03 Å². The first-order valence-electron chi connectivity index (χ1n) is 3.33. The van der Waals surface area contributed by atoms with E-state index in [9.17, 15) is 4.57 Å². The fraction of sp³-hybridized carbons (Fsp3) is 0.333. The van der Waals surface area contributed by atoms with Gasteiger partial charge in [0.05, 0.1) is 0 Å². The number of unbranched alkanes of at least 4 members (excludes halogenated alkanes) is 1. The van der Waals surface area contributed by atoms with E-state index in [1.165, 1.54) is 0 Å². The molecule has 12 heavy (non-hydrogen) atoms. The normalized spacial score (nSPS) is 10.2. The second kappa shape index (κ2) is 7.97. The highest BCUT2D eigenvalue weighted by atomic mass is 31.1. The molecule has 0 heterocycles. The molecule has 0 radical (unpaired) electrons. The maximum atomic E-state index is 10.8. The maximum absolute atomic E-state index is 10.8. The average molecular weight is 180 g/mol. The molecule has 0 aromatic rings. The van der Waals surface area contributed by atoms with Crippen LogP contribution in [0.5, 0.6) is 0 Å². The Bertz CT molecular complexity index is 282. The van der Waals surface area contributed by atoms with E-state index in [0.29, 0.717) is 12.8 Å². The van der Waals surface area contributed by atoms with Gasteiger partial charge < -0.3 is 4.52 Å². The Morgan fingerprint density at radius 2 is 2.00 bits per heavy atom. The van der Waals surface area contributed by atoms with Crippen molar-refractivity contribution in [3.8, 4) is 36.3 Å². The highest BCUT2D eigenvalue weighted by molar-refractivity contribution is 7.45. The van der Waals surface area contributed by atoms with Crippen LogP contribution in [0.3, 0.4) is 0 Å². The van der Waals surface area contributed by atoms with Gasteiger partial charge in [0.25, 0.3) is 8.03 Å².